The molecule has 2 aliphatic heterocycles. The van der Waals surface area contributed by atoms with Gasteiger partial charge in [0, 0.05) is 48.0 Å². The van der Waals surface area contributed by atoms with Gasteiger partial charge in [0.05, 0.1) is 13.2 Å². The molecule has 1 aliphatic carbocycles. The molecular weight excluding hydrogens is 371 g/mol. The van der Waals surface area contributed by atoms with Gasteiger partial charge in [-0.05, 0) is 36.5 Å². The summed E-state index contributed by atoms with van der Waals surface area (Å²) in [6.07, 6.45) is 1.13. The number of carbonyl (C=O) groups excluding carboxylic acids is 2. The first-order valence-corrected chi connectivity index (χ1v) is 10.1. The molecule has 0 bridgehead atoms. The van der Waals surface area contributed by atoms with Gasteiger partial charge in [-0.15, -0.1) is 0 Å². The van der Waals surface area contributed by atoms with E-state index in [0.717, 1.165) is 17.8 Å². The van der Waals surface area contributed by atoms with Crippen molar-refractivity contribution < 1.29 is 18.7 Å². The monoisotopic (exact) mass is 398 g/mol. The number of morpholine rings is 1. The Morgan fingerprint density at radius 3 is 2.66 bits per heavy atom. The van der Waals surface area contributed by atoms with Crippen LogP contribution in [0.25, 0.3) is 0 Å². The van der Waals surface area contributed by atoms with Crippen molar-refractivity contribution in [1.29, 1.82) is 0 Å². The van der Waals surface area contributed by atoms with Crippen molar-refractivity contribution in [1.82, 2.24) is 10.2 Å². The van der Waals surface area contributed by atoms with E-state index >= 15 is 0 Å². The third-order valence-electron chi connectivity index (χ3n) is 5.95. The molecule has 1 N–H and O–H groups in total. The molecule has 154 valence electrons. The average molecular weight is 398 g/mol. The van der Waals surface area contributed by atoms with Crippen molar-refractivity contribution in [3.05, 3.63) is 58.2 Å². The Morgan fingerprint density at radius 1 is 1.24 bits per heavy atom. The quantitative estimate of drug-likeness (QED) is 0.831. The number of benzene rings is 1. The average Bonchev–Trinajstić information content (AvgIpc) is 2.66. The highest BCUT2D eigenvalue weighted by molar-refractivity contribution is 6.05. The number of ether oxygens (including phenoxy) is 1. The van der Waals surface area contributed by atoms with Gasteiger partial charge in [0.25, 0.3) is 5.91 Å². The van der Waals surface area contributed by atoms with Gasteiger partial charge in [0.15, 0.2) is 5.78 Å². The van der Waals surface area contributed by atoms with Gasteiger partial charge < -0.3 is 15.0 Å². The van der Waals surface area contributed by atoms with E-state index in [-0.39, 0.29) is 22.9 Å². The second-order valence-corrected chi connectivity index (χ2v) is 8.89. The van der Waals surface area contributed by atoms with Gasteiger partial charge >= 0.3 is 0 Å². The van der Waals surface area contributed by atoms with E-state index in [1.807, 2.05) is 6.92 Å². The first-order valence-electron chi connectivity index (χ1n) is 10.1. The minimum atomic E-state index is -0.555. The van der Waals surface area contributed by atoms with Gasteiger partial charge in [0.1, 0.15) is 5.82 Å². The molecule has 2 heterocycles. The van der Waals surface area contributed by atoms with Crippen LogP contribution in [0, 0.1) is 11.2 Å². The molecule has 1 atom stereocenters. The maximum absolute atomic E-state index is 14.1. The van der Waals surface area contributed by atoms with Crippen molar-refractivity contribution >= 4 is 11.7 Å². The van der Waals surface area contributed by atoms with E-state index in [9.17, 15) is 14.0 Å². The molecule has 5 nitrogen and oxygen atoms in total. The molecule has 4 rings (SSSR count). The first kappa shape index (κ1) is 19.8. The standard InChI is InChI=1S/C23H27FN2O3/c1-14-19(22(28)26-7-9-29-10-8-26)20(15-5-4-6-16(24)11-15)21-17(25-14)12-23(2,3)13-18(21)27/h4-6,11,20,25H,7-10,12-13H2,1-3H3/t20-/m1/s1. The van der Waals surface area contributed by atoms with Crippen LogP contribution in [0.1, 0.15) is 45.1 Å². The van der Waals surface area contributed by atoms with Crippen molar-refractivity contribution in [2.24, 2.45) is 5.41 Å². The van der Waals surface area contributed by atoms with Gasteiger partial charge in [-0.1, -0.05) is 26.0 Å². The zero-order chi connectivity index (χ0) is 20.8. The van der Waals surface area contributed by atoms with Crippen LogP contribution in [0.3, 0.4) is 0 Å². The van der Waals surface area contributed by atoms with Crippen LogP contribution in [0.4, 0.5) is 4.39 Å². The van der Waals surface area contributed by atoms with Crippen LogP contribution >= 0.6 is 0 Å². The number of ketones is 1. The summed E-state index contributed by atoms with van der Waals surface area (Å²) < 4.78 is 19.5. The molecule has 0 spiro atoms. The molecule has 1 aromatic rings. The Balaban J connectivity index is 1.83. The van der Waals surface area contributed by atoms with E-state index in [1.165, 1.54) is 12.1 Å². The second kappa shape index (κ2) is 7.41. The molecule has 0 aromatic heterocycles. The highest BCUT2D eigenvalue weighted by Crippen LogP contribution is 2.47. The molecule has 1 amide bonds. The third-order valence-corrected chi connectivity index (χ3v) is 5.95. The summed E-state index contributed by atoms with van der Waals surface area (Å²) in [7, 11) is 0. The van der Waals surface area contributed by atoms with E-state index in [1.54, 1.807) is 17.0 Å². The lowest BCUT2D eigenvalue weighted by atomic mass is 9.68. The Kier molecular flexibility index (Phi) is 5.07. The van der Waals surface area contributed by atoms with Gasteiger partial charge in [-0.3, -0.25) is 9.59 Å². The normalized spacial score (nSPS) is 24.3. The minimum Gasteiger partial charge on any atom is -0.378 e. The highest BCUT2D eigenvalue weighted by atomic mass is 19.1. The minimum absolute atomic E-state index is 0.0257. The number of hydrogen-bond acceptors (Lipinski definition) is 4. The van der Waals surface area contributed by atoms with Gasteiger partial charge in [-0.2, -0.15) is 0 Å². The summed E-state index contributed by atoms with van der Waals surface area (Å²) >= 11 is 0. The van der Waals surface area contributed by atoms with Crippen molar-refractivity contribution in [3.63, 3.8) is 0 Å². The molecule has 3 aliphatic rings. The maximum atomic E-state index is 14.1. The number of amides is 1. The third kappa shape index (κ3) is 3.73. The van der Waals surface area contributed by atoms with E-state index in [2.05, 4.69) is 19.2 Å². The number of rotatable bonds is 2. The highest BCUT2D eigenvalue weighted by Gasteiger charge is 2.43. The Hall–Kier alpha value is -2.47. The SMILES string of the molecule is CC1=C(C(=O)N2CCOCC2)[C@@H](c2cccc(F)c2)C2=C(CC(C)(C)CC2=O)N1. The van der Waals surface area contributed by atoms with Crippen molar-refractivity contribution in [2.75, 3.05) is 26.3 Å². The molecule has 1 fully saturated rings. The summed E-state index contributed by atoms with van der Waals surface area (Å²) in [6.45, 7) is 8.03. The number of nitrogens with one attached hydrogen (secondary N) is 1. The zero-order valence-corrected chi connectivity index (χ0v) is 17.2. The maximum Gasteiger partial charge on any atom is 0.252 e. The van der Waals surface area contributed by atoms with E-state index < -0.39 is 5.92 Å². The summed E-state index contributed by atoms with van der Waals surface area (Å²) in [4.78, 5) is 28.5. The smallest absolute Gasteiger partial charge is 0.252 e. The van der Waals surface area contributed by atoms with Gasteiger partial charge in [-0.25, -0.2) is 4.39 Å². The van der Waals surface area contributed by atoms with Crippen LogP contribution in [-0.4, -0.2) is 42.9 Å². The van der Waals surface area contributed by atoms with Crippen molar-refractivity contribution in [3.8, 4) is 0 Å². The van der Waals surface area contributed by atoms with Crippen molar-refractivity contribution in [2.45, 2.75) is 39.5 Å². The van der Waals surface area contributed by atoms with E-state index in [4.69, 9.17) is 4.74 Å². The Bertz CT molecular complexity index is 926. The molecular formula is C23H27FN2O3. The number of halogens is 1. The molecule has 0 unspecified atom stereocenters. The topological polar surface area (TPSA) is 58.6 Å². The number of hydrogen-bond donors (Lipinski definition) is 1. The van der Waals surface area contributed by atoms with Crippen LogP contribution < -0.4 is 5.32 Å². The molecule has 0 saturated carbocycles. The number of Topliss-reactive ketones (excluding diaryl/α,β-unsaturated/α-hetero) is 1. The molecule has 0 radical (unpaired) electrons. The number of carbonyl (C=O) groups is 2. The fraction of sp³-hybridized carbons (Fsp3) is 0.478. The lowest BCUT2D eigenvalue weighted by Crippen LogP contribution is -2.45. The summed E-state index contributed by atoms with van der Waals surface area (Å²) in [5, 5.41) is 3.35. The van der Waals surface area contributed by atoms with Gasteiger partial charge in [0.2, 0.25) is 0 Å². The summed E-state index contributed by atoms with van der Waals surface area (Å²) in [6, 6.07) is 6.26. The zero-order valence-electron chi connectivity index (χ0n) is 17.2. The molecule has 6 heteroatoms. The molecule has 1 aromatic carbocycles. The summed E-state index contributed by atoms with van der Waals surface area (Å²) in [5.74, 6) is -1.02. The number of nitrogens with zero attached hydrogens (tertiary/aromatic N) is 1. The number of allylic oxidation sites excluding steroid dienone is 3. The van der Waals surface area contributed by atoms with Crippen LogP contribution in [0.15, 0.2) is 46.8 Å². The van der Waals surface area contributed by atoms with Crippen LogP contribution in [0.5, 0.6) is 0 Å². The molecule has 1 saturated heterocycles. The fourth-order valence-electron chi connectivity index (χ4n) is 4.68. The van der Waals surface area contributed by atoms with Crippen LogP contribution in [-0.2, 0) is 14.3 Å². The largest absolute Gasteiger partial charge is 0.378 e. The lowest BCUT2D eigenvalue weighted by molar-refractivity contribution is -0.131. The lowest BCUT2D eigenvalue weighted by Gasteiger charge is -2.41. The Morgan fingerprint density at radius 2 is 1.97 bits per heavy atom. The fourth-order valence-corrected chi connectivity index (χ4v) is 4.68. The second-order valence-electron chi connectivity index (χ2n) is 8.89. The Labute approximate surface area is 170 Å². The van der Waals surface area contributed by atoms with E-state index in [0.29, 0.717) is 49.4 Å². The predicted molar refractivity (Wildman–Crippen MR) is 107 cm³/mol. The first-order chi connectivity index (χ1) is 13.8. The molecule has 29 heavy (non-hydrogen) atoms. The number of dihydropyridines is 1. The van der Waals surface area contributed by atoms with Crippen LogP contribution in [0.2, 0.25) is 0 Å². The summed E-state index contributed by atoms with van der Waals surface area (Å²) in [5.41, 5.74) is 3.22. The predicted octanol–water partition coefficient (Wildman–Crippen LogP) is 3.29.